The van der Waals surface area contributed by atoms with Gasteiger partial charge in [0.1, 0.15) is 11.5 Å². The molecule has 0 amide bonds. The third-order valence-electron chi connectivity index (χ3n) is 4.77. The topological polar surface area (TPSA) is 98.8 Å². The summed E-state index contributed by atoms with van der Waals surface area (Å²) in [7, 11) is 0. The molecule has 2 aromatic rings. The van der Waals surface area contributed by atoms with E-state index in [1.165, 1.54) is 12.8 Å². The molecule has 2 fully saturated rings. The van der Waals surface area contributed by atoms with Crippen molar-refractivity contribution in [2.24, 2.45) is 0 Å². The van der Waals surface area contributed by atoms with Crippen LogP contribution in [0.1, 0.15) is 47.8 Å². The zero-order valence-electron chi connectivity index (χ0n) is 15.2. The predicted octanol–water partition coefficient (Wildman–Crippen LogP) is 1.83. The molecule has 0 spiro atoms. The van der Waals surface area contributed by atoms with Crippen LogP contribution in [0.15, 0.2) is 12.1 Å². The Morgan fingerprint density at radius 3 is 2.81 bits per heavy atom. The van der Waals surface area contributed by atoms with Gasteiger partial charge in [-0.3, -0.25) is 9.89 Å². The zero-order chi connectivity index (χ0) is 18.6. The van der Waals surface area contributed by atoms with Crippen LogP contribution in [0, 0.1) is 12.3 Å². The molecule has 1 aliphatic carbocycles. The number of aromatic nitrogens is 4. The van der Waals surface area contributed by atoms with Crippen LogP contribution in [0.25, 0.3) is 0 Å². The van der Waals surface area contributed by atoms with Gasteiger partial charge in [-0.25, -0.2) is 4.98 Å². The van der Waals surface area contributed by atoms with Crippen LogP contribution in [-0.4, -0.2) is 52.1 Å². The average Bonchev–Trinajstić information content (AvgIpc) is 3.46. The number of hydrogen-bond acceptors (Lipinski definition) is 7. The van der Waals surface area contributed by atoms with Crippen LogP contribution in [0.4, 0.5) is 17.6 Å². The van der Waals surface area contributed by atoms with E-state index < -0.39 is 0 Å². The fourth-order valence-electron chi connectivity index (χ4n) is 3.10. The summed E-state index contributed by atoms with van der Waals surface area (Å²) in [5.74, 6) is 4.85. The molecule has 140 valence electrons. The Morgan fingerprint density at radius 1 is 1.26 bits per heavy atom. The van der Waals surface area contributed by atoms with Gasteiger partial charge in [0.25, 0.3) is 0 Å². The number of carbonyl (C=O) groups excluding carboxylic acids is 1. The lowest BCUT2D eigenvalue weighted by Crippen LogP contribution is -2.44. The summed E-state index contributed by atoms with van der Waals surface area (Å²) < 4.78 is 0. The summed E-state index contributed by atoms with van der Waals surface area (Å²) in [5.41, 5.74) is 1.52. The van der Waals surface area contributed by atoms with Gasteiger partial charge in [-0.2, -0.15) is 10.1 Å². The van der Waals surface area contributed by atoms with Gasteiger partial charge >= 0.3 is 0 Å². The van der Waals surface area contributed by atoms with Crippen LogP contribution in [0.5, 0.6) is 0 Å². The highest BCUT2D eigenvalue weighted by molar-refractivity contribution is 5.95. The van der Waals surface area contributed by atoms with Crippen LogP contribution in [0.3, 0.4) is 0 Å². The average molecular weight is 365 g/mol. The third-order valence-corrected chi connectivity index (χ3v) is 4.77. The lowest BCUT2D eigenvalue weighted by molar-refractivity contribution is 0.0979. The predicted molar refractivity (Wildman–Crippen MR) is 103 cm³/mol. The third kappa shape index (κ3) is 4.26. The van der Waals surface area contributed by atoms with Crippen molar-refractivity contribution in [1.29, 1.82) is 0 Å². The van der Waals surface area contributed by atoms with E-state index in [4.69, 9.17) is 6.42 Å². The number of H-pyrrole nitrogens is 1. The second-order valence-corrected chi connectivity index (χ2v) is 6.91. The van der Waals surface area contributed by atoms with E-state index in [2.05, 4.69) is 41.6 Å². The maximum absolute atomic E-state index is 12.5. The number of anilines is 3. The summed E-state index contributed by atoms with van der Waals surface area (Å²) in [6.07, 6.45) is 8.38. The van der Waals surface area contributed by atoms with Gasteiger partial charge in [0.2, 0.25) is 5.95 Å². The maximum atomic E-state index is 12.5. The summed E-state index contributed by atoms with van der Waals surface area (Å²) in [4.78, 5) is 23.7. The van der Waals surface area contributed by atoms with E-state index in [-0.39, 0.29) is 12.2 Å². The van der Waals surface area contributed by atoms with Gasteiger partial charge in [-0.05, 0) is 12.8 Å². The largest absolute Gasteiger partial charge is 0.338 e. The first kappa shape index (κ1) is 17.5. The molecule has 2 aromatic heterocycles. The van der Waals surface area contributed by atoms with Gasteiger partial charge in [0.15, 0.2) is 11.6 Å². The number of Topliss-reactive ketones (excluding diaryl/α,β-unsaturated/α-hetero) is 1. The van der Waals surface area contributed by atoms with E-state index in [1.807, 2.05) is 6.07 Å². The van der Waals surface area contributed by atoms with Gasteiger partial charge in [0, 0.05) is 62.8 Å². The quantitative estimate of drug-likeness (QED) is 0.508. The fourth-order valence-corrected chi connectivity index (χ4v) is 3.10. The minimum atomic E-state index is -0.0736. The van der Waals surface area contributed by atoms with Crippen LogP contribution in [-0.2, 0) is 0 Å². The molecular formula is C19H23N7O. The molecule has 0 aromatic carbocycles. The molecule has 0 bridgehead atoms. The zero-order valence-corrected chi connectivity index (χ0v) is 15.2. The Kier molecular flexibility index (Phi) is 5.03. The molecule has 8 heteroatoms. The number of nitrogens with zero attached hydrogens (tertiary/aromatic N) is 4. The van der Waals surface area contributed by atoms with E-state index in [9.17, 15) is 4.79 Å². The molecule has 2 aliphatic rings. The Morgan fingerprint density at radius 2 is 2.07 bits per heavy atom. The monoisotopic (exact) mass is 365 g/mol. The molecule has 1 aliphatic heterocycles. The van der Waals surface area contributed by atoms with Gasteiger partial charge < -0.3 is 15.5 Å². The first-order chi connectivity index (χ1) is 13.2. The van der Waals surface area contributed by atoms with Crippen molar-refractivity contribution in [3.63, 3.8) is 0 Å². The molecular weight excluding hydrogens is 342 g/mol. The van der Waals surface area contributed by atoms with Gasteiger partial charge in [0.05, 0.1) is 0 Å². The highest BCUT2D eigenvalue weighted by Crippen LogP contribution is 2.39. The number of nitrogens with one attached hydrogen (secondary N) is 3. The van der Waals surface area contributed by atoms with E-state index in [1.54, 1.807) is 6.07 Å². The SMILES string of the molecule is C#CCCC(=O)c1cc(Nc2cc(C3CC3)[nH]n2)nc(N2CCNCC2)n1. The summed E-state index contributed by atoms with van der Waals surface area (Å²) in [6.45, 7) is 3.34. The van der Waals surface area contributed by atoms with Crippen molar-refractivity contribution in [3.05, 3.63) is 23.5 Å². The molecule has 4 rings (SSSR count). The van der Waals surface area contributed by atoms with Crippen molar-refractivity contribution in [2.75, 3.05) is 36.4 Å². The first-order valence-corrected chi connectivity index (χ1v) is 9.36. The Labute approximate surface area is 158 Å². The van der Waals surface area contributed by atoms with E-state index in [0.29, 0.717) is 35.6 Å². The lowest BCUT2D eigenvalue weighted by atomic mass is 10.1. The van der Waals surface area contributed by atoms with Gasteiger partial charge in [-0.1, -0.05) is 0 Å². The number of piperazine rings is 1. The van der Waals surface area contributed by atoms with E-state index in [0.717, 1.165) is 31.9 Å². The first-order valence-electron chi connectivity index (χ1n) is 9.36. The molecule has 8 nitrogen and oxygen atoms in total. The van der Waals surface area contributed by atoms with Crippen LogP contribution >= 0.6 is 0 Å². The summed E-state index contributed by atoms with van der Waals surface area (Å²) >= 11 is 0. The van der Waals surface area contributed by atoms with Gasteiger partial charge in [-0.15, -0.1) is 12.3 Å². The maximum Gasteiger partial charge on any atom is 0.228 e. The second-order valence-electron chi connectivity index (χ2n) is 6.91. The number of rotatable bonds is 7. The standard InChI is InChI=1S/C19H23N7O/c1-2-3-4-16(27)15-12-17(22-18-11-14(24-25-18)13-5-6-13)23-19(21-15)26-9-7-20-8-10-26/h1,11-13,20H,3-10H2,(H2,21,22,23,24,25). The molecule has 0 unspecified atom stereocenters. The number of terminal acetylenes is 1. The Bertz CT molecular complexity index is 859. The number of hydrogen-bond donors (Lipinski definition) is 3. The molecule has 3 heterocycles. The molecule has 3 N–H and O–H groups in total. The van der Waals surface area contributed by atoms with E-state index >= 15 is 0 Å². The normalized spacial score (nSPS) is 16.8. The number of aromatic amines is 1. The molecule has 0 atom stereocenters. The Balaban J connectivity index is 1.59. The molecule has 27 heavy (non-hydrogen) atoms. The van der Waals surface area contributed by atoms with Crippen molar-refractivity contribution >= 4 is 23.4 Å². The van der Waals surface area contributed by atoms with Crippen LogP contribution < -0.4 is 15.5 Å². The number of ketones is 1. The highest BCUT2D eigenvalue weighted by Gasteiger charge is 2.25. The highest BCUT2D eigenvalue weighted by atomic mass is 16.1. The smallest absolute Gasteiger partial charge is 0.228 e. The summed E-state index contributed by atoms with van der Waals surface area (Å²) in [5, 5.41) is 13.9. The number of carbonyl (C=O) groups is 1. The molecule has 1 saturated heterocycles. The second kappa shape index (κ2) is 7.76. The Hall–Kier alpha value is -2.92. The lowest BCUT2D eigenvalue weighted by Gasteiger charge is -2.27. The van der Waals surface area contributed by atoms with Crippen LogP contribution in [0.2, 0.25) is 0 Å². The molecule has 0 radical (unpaired) electrons. The summed E-state index contributed by atoms with van der Waals surface area (Å²) in [6, 6.07) is 3.68. The molecule has 1 saturated carbocycles. The minimum absolute atomic E-state index is 0.0736. The van der Waals surface area contributed by atoms with Crippen molar-refractivity contribution in [2.45, 2.75) is 31.6 Å². The van der Waals surface area contributed by atoms with Crippen molar-refractivity contribution in [1.82, 2.24) is 25.5 Å². The van der Waals surface area contributed by atoms with Crippen molar-refractivity contribution < 1.29 is 4.79 Å². The minimum Gasteiger partial charge on any atom is -0.338 e. The van der Waals surface area contributed by atoms with Crippen molar-refractivity contribution in [3.8, 4) is 12.3 Å². The fraction of sp³-hybridized carbons (Fsp3) is 0.474.